The van der Waals surface area contributed by atoms with Crippen molar-refractivity contribution in [2.24, 2.45) is 0 Å². The summed E-state index contributed by atoms with van der Waals surface area (Å²) in [6.07, 6.45) is -7.90. The summed E-state index contributed by atoms with van der Waals surface area (Å²) in [6, 6.07) is -1.88. The van der Waals surface area contributed by atoms with E-state index in [1.165, 1.54) is 13.8 Å². The van der Waals surface area contributed by atoms with Gasteiger partial charge in [-0.05, 0) is 24.3 Å². The molecule has 0 aromatic rings. The Morgan fingerprint density at radius 2 is 0.754 bits per heavy atom. The topological polar surface area (TPSA) is 281 Å². The summed E-state index contributed by atoms with van der Waals surface area (Å²) in [5, 5.41) is 64.6. The molecule has 2 rings (SSSR count). The Morgan fingerprint density at radius 1 is 0.459 bits per heavy atom. The average Bonchev–Trinajstić information content (AvgIpc) is 3.24. The van der Waals surface area contributed by atoms with Crippen molar-refractivity contribution < 1.29 is 92.3 Å². The van der Waals surface area contributed by atoms with Crippen molar-refractivity contribution in [2.45, 2.75) is 88.0 Å². The Labute approximate surface area is 367 Å². The zero-order valence-corrected chi connectivity index (χ0v) is 37.2. The van der Waals surface area contributed by atoms with Gasteiger partial charge in [-0.1, -0.05) is 0 Å². The first-order valence-electron chi connectivity index (χ1n) is 20.8. The number of carbonyl (C=O) groups is 2. The van der Waals surface area contributed by atoms with Crippen LogP contribution in [0.25, 0.3) is 0 Å². The molecule has 0 saturated carbocycles. The monoisotopic (exact) mass is 924 g/mol. The van der Waals surface area contributed by atoms with Crippen LogP contribution >= 0.6 is 23.5 Å². The number of nitrogens with one attached hydrogen (secondary N) is 2. The predicted octanol–water partition coefficient (Wildman–Crippen LogP) is -2.73. The molecule has 0 aromatic carbocycles. The smallest absolute Gasteiger partial charge is 0.217 e. The van der Waals surface area contributed by atoms with Crippen molar-refractivity contribution in [1.29, 1.82) is 0 Å². The lowest BCUT2D eigenvalue weighted by Crippen LogP contribution is -2.64. The van der Waals surface area contributed by atoms with E-state index >= 15 is 0 Å². The van der Waals surface area contributed by atoms with Crippen LogP contribution in [0.1, 0.15) is 26.7 Å². The molecule has 2 saturated heterocycles. The van der Waals surface area contributed by atoms with Gasteiger partial charge in [-0.2, -0.15) is 23.5 Å². The number of aliphatic hydroxyl groups excluding tert-OH is 6. The van der Waals surface area contributed by atoms with E-state index < -0.39 is 86.3 Å². The zero-order valence-electron chi connectivity index (χ0n) is 35.6. The Hall–Kier alpha value is -1.04. The van der Waals surface area contributed by atoms with Crippen LogP contribution in [0.2, 0.25) is 0 Å². The Balaban J connectivity index is 1.25. The molecule has 0 unspecified atom stereocenters. The third-order valence-corrected chi connectivity index (χ3v) is 11.0. The van der Waals surface area contributed by atoms with Crippen LogP contribution in [0.4, 0.5) is 0 Å². The Morgan fingerprint density at radius 3 is 1.03 bits per heavy atom. The lowest BCUT2D eigenvalue weighted by Gasteiger charge is -2.42. The van der Waals surface area contributed by atoms with Crippen LogP contribution in [0, 0.1) is 0 Å². The van der Waals surface area contributed by atoms with Gasteiger partial charge in [-0.3, -0.25) is 9.59 Å². The first-order chi connectivity index (χ1) is 29.6. The molecule has 2 fully saturated rings. The number of carbonyl (C=O) groups excluding carboxylic acids is 2. The van der Waals surface area contributed by atoms with Crippen LogP contribution in [-0.4, -0.2) is 246 Å². The molecule has 2 heterocycles. The summed E-state index contributed by atoms with van der Waals surface area (Å²) >= 11 is 3.40. The highest BCUT2D eigenvalue weighted by molar-refractivity contribution is 7.99. The predicted molar refractivity (Wildman–Crippen MR) is 222 cm³/mol. The molecule has 0 bridgehead atoms. The molecule has 2 aliphatic rings. The van der Waals surface area contributed by atoms with Gasteiger partial charge in [0.1, 0.15) is 48.7 Å². The molecule has 21 nitrogen and oxygen atoms in total. The first-order valence-corrected chi connectivity index (χ1v) is 23.1. The van der Waals surface area contributed by atoms with Crippen LogP contribution in [0.5, 0.6) is 0 Å². The van der Waals surface area contributed by atoms with E-state index in [1.54, 1.807) is 23.5 Å². The highest BCUT2D eigenvalue weighted by Crippen LogP contribution is 2.24. The fourth-order valence-corrected chi connectivity index (χ4v) is 7.33. The number of ether oxygens (including phenoxy) is 11. The molecule has 2 aliphatic heterocycles. The average molecular weight is 925 g/mol. The van der Waals surface area contributed by atoms with E-state index in [0.717, 1.165) is 23.0 Å². The Kier molecular flexibility index (Phi) is 33.3. The molecular formula is C38H72N2O19S2. The fraction of sp³-hybridized carbons (Fsp3) is 0.947. The van der Waals surface area contributed by atoms with Gasteiger partial charge in [0.15, 0.2) is 12.6 Å². The summed E-state index contributed by atoms with van der Waals surface area (Å²) in [7, 11) is 0. The number of aliphatic hydroxyl groups is 6. The van der Waals surface area contributed by atoms with E-state index in [-0.39, 0.29) is 0 Å². The molecule has 360 valence electrons. The molecule has 0 radical (unpaired) electrons. The van der Waals surface area contributed by atoms with E-state index in [2.05, 4.69) is 10.6 Å². The first kappa shape index (κ1) is 56.1. The van der Waals surface area contributed by atoms with E-state index in [1.807, 2.05) is 0 Å². The molecular weight excluding hydrogens is 853 g/mol. The summed E-state index contributed by atoms with van der Waals surface area (Å²) in [5.41, 5.74) is 0. The minimum absolute atomic E-state index is 0.313. The minimum Gasteiger partial charge on any atom is -0.394 e. The van der Waals surface area contributed by atoms with Crippen LogP contribution in [0.15, 0.2) is 0 Å². The zero-order chi connectivity index (χ0) is 44.5. The third kappa shape index (κ3) is 25.3. The number of thioether (sulfide) groups is 2. The van der Waals surface area contributed by atoms with Crippen LogP contribution < -0.4 is 10.6 Å². The maximum absolute atomic E-state index is 11.5. The quantitative estimate of drug-likeness (QED) is 0.0292. The number of hydrogen-bond acceptors (Lipinski definition) is 21. The summed E-state index contributed by atoms with van der Waals surface area (Å²) < 4.78 is 61.2. The summed E-state index contributed by atoms with van der Waals surface area (Å²) in [4.78, 5) is 23.0. The number of amides is 2. The van der Waals surface area contributed by atoms with E-state index in [0.29, 0.717) is 119 Å². The maximum atomic E-state index is 11.5. The summed E-state index contributed by atoms with van der Waals surface area (Å²) in [6.45, 7) is 8.95. The largest absolute Gasteiger partial charge is 0.394 e. The highest BCUT2D eigenvalue weighted by Gasteiger charge is 2.46. The molecule has 2 amide bonds. The normalized spacial score (nSPS) is 26.7. The van der Waals surface area contributed by atoms with Crippen molar-refractivity contribution in [3.63, 3.8) is 0 Å². The Bertz CT molecular complexity index is 1020. The van der Waals surface area contributed by atoms with Gasteiger partial charge < -0.3 is 93.4 Å². The molecule has 0 spiro atoms. The maximum Gasteiger partial charge on any atom is 0.217 e. The second-order valence-corrected chi connectivity index (χ2v) is 16.3. The van der Waals surface area contributed by atoms with Crippen molar-refractivity contribution in [2.75, 3.05) is 142 Å². The fourth-order valence-electron chi connectivity index (χ4n) is 5.81. The van der Waals surface area contributed by atoms with Gasteiger partial charge in [0, 0.05) is 25.4 Å². The second kappa shape index (κ2) is 36.2. The van der Waals surface area contributed by atoms with E-state index in [4.69, 9.17) is 52.1 Å². The van der Waals surface area contributed by atoms with Crippen LogP contribution in [0.3, 0.4) is 0 Å². The SMILES string of the molecule is CC(=O)N[C@H]1[C@@H](OCCCSCCOCCOCCOCCOCCOCCOCCOCCSCCCO[C@H]2O[C@H](CO)[C@@H](O)[C@H](O)[C@H]2NC(C)=O)O[C@H](CO)[C@@H](O)[C@@H]1O. The lowest BCUT2D eigenvalue weighted by molar-refractivity contribution is -0.270. The van der Waals surface area contributed by atoms with Gasteiger partial charge in [0.25, 0.3) is 0 Å². The molecule has 61 heavy (non-hydrogen) atoms. The second-order valence-electron chi connectivity index (χ2n) is 13.8. The van der Waals surface area contributed by atoms with Gasteiger partial charge >= 0.3 is 0 Å². The van der Waals surface area contributed by atoms with Crippen molar-refractivity contribution in [1.82, 2.24) is 10.6 Å². The van der Waals surface area contributed by atoms with Gasteiger partial charge in [0.05, 0.1) is 119 Å². The molecule has 10 atom stereocenters. The molecule has 0 aromatic heterocycles. The lowest BCUT2D eigenvalue weighted by atomic mass is 9.97. The standard InChI is InChI=1S/C38H72N2O19S2/c1-27(43)39-31-35(47)33(45)29(25-41)58-37(31)56-5-3-21-60-23-19-54-17-15-52-13-11-50-9-7-49-8-10-51-12-14-53-16-18-55-20-24-61-22-4-6-57-38-32(40-28(2)44)36(48)34(46)30(26-42)59-38/h29-38,41-42,45-48H,3-26H2,1-2H3,(H,39,43)(H,40,44)/t29-,30-,31-,32-,33-,34-,35-,36-,37+,38+/m1/s1. The van der Waals surface area contributed by atoms with Crippen molar-refractivity contribution in [3.05, 3.63) is 0 Å². The van der Waals surface area contributed by atoms with Gasteiger partial charge in [-0.25, -0.2) is 0 Å². The van der Waals surface area contributed by atoms with Gasteiger partial charge in [0.2, 0.25) is 11.8 Å². The number of rotatable bonds is 38. The minimum atomic E-state index is -1.34. The third-order valence-electron chi connectivity index (χ3n) is 8.91. The summed E-state index contributed by atoms with van der Waals surface area (Å²) in [5.74, 6) is 2.41. The molecule has 0 aliphatic carbocycles. The van der Waals surface area contributed by atoms with Crippen LogP contribution in [-0.2, 0) is 61.7 Å². The number of hydrogen-bond donors (Lipinski definition) is 8. The highest BCUT2D eigenvalue weighted by atomic mass is 32.2. The van der Waals surface area contributed by atoms with E-state index in [9.17, 15) is 40.2 Å². The van der Waals surface area contributed by atoms with Gasteiger partial charge in [-0.15, -0.1) is 0 Å². The van der Waals surface area contributed by atoms with Crippen molar-refractivity contribution in [3.8, 4) is 0 Å². The molecule has 23 heteroatoms. The van der Waals surface area contributed by atoms with Crippen molar-refractivity contribution >= 4 is 35.3 Å². The molecule has 8 N–H and O–H groups in total.